The van der Waals surface area contributed by atoms with E-state index < -0.39 is 17.8 Å². The van der Waals surface area contributed by atoms with Crippen molar-refractivity contribution >= 4 is 11.9 Å². The second-order valence-corrected chi connectivity index (χ2v) is 7.90. The SMILES string of the molecule is CCCCCCCCOc1ccc(C(=O)Oc2ccc(OC(=O)c3ccc(F)cc3)cc2)cc1. The predicted octanol–water partition coefficient (Wildman–Crippen LogP) is 7.00. The highest BCUT2D eigenvalue weighted by Gasteiger charge is 2.11. The van der Waals surface area contributed by atoms with Gasteiger partial charge in [0, 0.05) is 0 Å². The van der Waals surface area contributed by atoms with Crippen LogP contribution in [0.1, 0.15) is 66.2 Å². The summed E-state index contributed by atoms with van der Waals surface area (Å²) in [5, 5.41) is 0. The molecule has 0 fully saturated rings. The Balaban J connectivity index is 1.44. The minimum absolute atomic E-state index is 0.233. The molecule has 0 unspecified atom stereocenters. The Bertz CT molecular complexity index is 1040. The van der Waals surface area contributed by atoms with E-state index in [-0.39, 0.29) is 11.3 Å². The summed E-state index contributed by atoms with van der Waals surface area (Å²) in [5.74, 6) is -0.228. The maximum absolute atomic E-state index is 13.0. The van der Waals surface area contributed by atoms with Gasteiger partial charge < -0.3 is 14.2 Å². The first-order valence-corrected chi connectivity index (χ1v) is 11.6. The Kier molecular flexibility index (Phi) is 9.65. The van der Waals surface area contributed by atoms with Crippen LogP contribution in [-0.4, -0.2) is 18.5 Å². The van der Waals surface area contributed by atoms with Crippen molar-refractivity contribution in [1.29, 1.82) is 0 Å². The quantitative estimate of drug-likeness (QED) is 0.164. The number of esters is 2. The van der Waals surface area contributed by atoms with Gasteiger partial charge in [0.15, 0.2) is 0 Å². The van der Waals surface area contributed by atoms with Crippen molar-refractivity contribution in [3.8, 4) is 17.2 Å². The Morgan fingerprint density at radius 2 is 1.06 bits per heavy atom. The zero-order valence-corrected chi connectivity index (χ0v) is 19.3. The van der Waals surface area contributed by atoms with E-state index in [1.807, 2.05) is 0 Å². The number of rotatable bonds is 12. The summed E-state index contributed by atoms with van der Waals surface area (Å²) in [6.45, 7) is 2.87. The Hall–Kier alpha value is -3.67. The normalized spacial score (nSPS) is 10.5. The molecular formula is C28H29FO5. The molecule has 0 spiro atoms. The van der Waals surface area contributed by atoms with Gasteiger partial charge >= 0.3 is 11.9 Å². The fourth-order valence-corrected chi connectivity index (χ4v) is 3.25. The molecule has 0 radical (unpaired) electrons. The minimum atomic E-state index is -0.608. The summed E-state index contributed by atoms with van der Waals surface area (Å²) < 4.78 is 29.3. The molecule has 0 aliphatic rings. The van der Waals surface area contributed by atoms with Gasteiger partial charge in [-0.1, -0.05) is 39.0 Å². The van der Waals surface area contributed by atoms with Gasteiger partial charge in [-0.2, -0.15) is 0 Å². The molecule has 34 heavy (non-hydrogen) atoms. The summed E-state index contributed by atoms with van der Waals surface area (Å²) in [6.07, 6.45) is 7.21. The number of carbonyl (C=O) groups is 2. The number of ether oxygens (including phenoxy) is 3. The topological polar surface area (TPSA) is 61.8 Å². The lowest BCUT2D eigenvalue weighted by Crippen LogP contribution is -2.09. The van der Waals surface area contributed by atoms with Crippen LogP contribution in [0.5, 0.6) is 17.2 Å². The van der Waals surface area contributed by atoms with Crippen molar-refractivity contribution in [2.75, 3.05) is 6.61 Å². The number of unbranched alkanes of at least 4 members (excludes halogenated alkanes) is 5. The van der Waals surface area contributed by atoms with Gasteiger partial charge in [-0.25, -0.2) is 14.0 Å². The van der Waals surface area contributed by atoms with Crippen LogP contribution in [0.3, 0.4) is 0 Å². The van der Waals surface area contributed by atoms with Crippen LogP contribution in [0.2, 0.25) is 0 Å². The molecule has 178 valence electrons. The van der Waals surface area contributed by atoms with E-state index in [1.54, 1.807) is 24.3 Å². The molecule has 0 aliphatic carbocycles. The lowest BCUT2D eigenvalue weighted by atomic mass is 10.1. The van der Waals surface area contributed by atoms with Gasteiger partial charge in [0.05, 0.1) is 17.7 Å². The largest absolute Gasteiger partial charge is 0.494 e. The summed E-state index contributed by atoms with van der Waals surface area (Å²) in [4.78, 5) is 24.5. The van der Waals surface area contributed by atoms with E-state index >= 15 is 0 Å². The van der Waals surface area contributed by atoms with Gasteiger partial charge in [-0.15, -0.1) is 0 Å². The summed E-state index contributed by atoms with van der Waals surface area (Å²) >= 11 is 0. The van der Waals surface area contributed by atoms with Gasteiger partial charge in [-0.05, 0) is 79.2 Å². The van der Waals surface area contributed by atoms with Gasteiger partial charge in [0.2, 0.25) is 0 Å². The number of benzene rings is 3. The molecule has 0 amide bonds. The molecule has 0 aromatic heterocycles. The Morgan fingerprint density at radius 3 is 1.59 bits per heavy atom. The molecular weight excluding hydrogens is 435 g/mol. The Morgan fingerprint density at radius 1 is 0.618 bits per heavy atom. The highest BCUT2D eigenvalue weighted by molar-refractivity contribution is 5.92. The lowest BCUT2D eigenvalue weighted by molar-refractivity contribution is 0.0719. The van der Waals surface area contributed by atoms with Crippen LogP contribution >= 0.6 is 0 Å². The zero-order valence-electron chi connectivity index (χ0n) is 19.3. The van der Waals surface area contributed by atoms with E-state index in [2.05, 4.69) is 6.92 Å². The average Bonchev–Trinajstić information content (AvgIpc) is 2.85. The van der Waals surface area contributed by atoms with E-state index in [1.165, 1.54) is 74.2 Å². The fourth-order valence-electron chi connectivity index (χ4n) is 3.25. The molecule has 0 atom stereocenters. The first-order valence-electron chi connectivity index (χ1n) is 11.6. The van der Waals surface area contributed by atoms with Crippen LogP contribution in [0.25, 0.3) is 0 Å². The Labute approximate surface area is 199 Å². The monoisotopic (exact) mass is 464 g/mol. The molecule has 3 rings (SSSR count). The zero-order chi connectivity index (χ0) is 24.2. The molecule has 5 nitrogen and oxygen atoms in total. The van der Waals surface area contributed by atoms with E-state index in [4.69, 9.17) is 14.2 Å². The second kappa shape index (κ2) is 13.1. The van der Waals surface area contributed by atoms with Crippen LogP contribution in [0, 0.1) is 5.82 Å². The van der Waals surface area contributed by atoms with Gasteiger partial charge in [0.25, 0.3) is 0 Å². The third-order valence-corrected chi connectivity index (χ3v) is 5.18. The second-order valence-electron chi connectivity index (χ2n) is 7.90. The van der Waals surface area contributed by atoms with Crippen molar-refractivity contribution in [2.45, 2.75) is 45.4 Å². The molecule has 0 N–H and O–H groups in total. The standard InChI is InChI=1S/C28H29FO5/c1-2-3-4-5-6-7-20-32-24-14-10-22(11-15-24)28(31)34-26-18-16-25(17-19-26)33-27(30)21-8-12-23(29)13-9-21/h8-19H,2-7,20H2,1H3. The van der Waals surface area contributed by atoms with E-state index in [9.17, 15) is 14.0 Å². The number of halogens is 1. The number of hydrogen-bond donors (Lipinski definition) is 0. The third-order valence-electron chi connectivity index (χ3n) is 5.18. The van der Waals surface area contributed by atoms with Crippen molar-refractivity contribution < 1.29 is 28.2 Å². The summed E-state index contributed by atoms with van der Waals surface area (Å²) in [7, 11) is 0. The van der Waals surface area contributed by atoms with Crippen molar-refractivity contribution in [3.05, 3.63) is 89.7 Å². The van der Waals surface area contributed by atoms with Gasteiger partial charge in [-0.3, -0.25) is 0 Å². The number of carbonyl (C=O) groups excluding carboxylic acids is 2. The first-order chi connectivity index (χ1) is 16.5. The summed E-state index contributed by atoms with van der Waals surface area (Å²) in [6, 6.07) is 18.0. The average molecular weight is 465 g/mol. The molecule has 0 saturated carbocycles. The lowest BCUT2D eigenvalue weighted by Gasteiger charge is -2.08. The van der Waals surface area contributed by atoms with Crippen LogP contribution < -0.4 is 14.2 Å². The molecule has 0 heterocycles. The first kappa shape index (κ1) is 25.0. The van der Waals surface area contributed by atoms with Crippen LogP contribution in [-0.2, 0) is 0 Å². The van der Waals surface area contributed by atoms with Crippen LogP contribution in [0.15, 0.2) is 72.8 Å². The minimum Gasteiger partial charge on any atom is -0.494 e. The highest BCUT2D eigenvalue weighted by Crippen LogP contribution is 2.21. The molecule has 6 heteroatoms. The molecule has 0 bridgehead atoms. The molecule has 3 aromatic carbocycles. The van der Waals surface area contributed by atoms with E-state index in [0.29, 0.717) is 17.9 Å². The maximum atomic E-state index is 13.0. The summed E-state index contributed by atoms with van der Waals surface area (Å²) in [5.41, 5.74) is 0.634. The predicted molar refractivity (Wildman–Crippen MR) is 128 cm³/mol. The van der Waals surface area contributed by atoms with Gasteiger partial charge in [0.1, 0.15) is 23.1 Å². The van der Waals surface area contributed by atoms with Crippen LogP contribution in [0.4, 0.5) is 4.39 Å². The fraction of sp³-hybridized carbons (Fsp3) is 0.286. The van der Waals surface area contributed by atoms with E-state index in [0.717, 1.165) is 18.6 Å². The van der Waals surface area contributed by atoms with Crippen molar-refractivity contribution in [2.24, 2.45) is 0 Å². The molecule has 0 saturated heterocycles. The highest BCUT2D eigenvalue weighted by atomic mass is 19.1. The van der Waals surface area contributed by atoms with Crippen molar-refractivity contribution in [1.82, 2.24) is 0 Å². The maximum Gasteiger partial charge on any atom is 0.343 e. The molecule has 0 aliphatic heterocycles. The molecule has 3 aromatic rings. The third kappa shape index (κ3) is 8.03. The van der Waals surface area contributed by atoms with Crippen molar-refractivity contribution in [3.63, 3.8) is 0 Å². The number of hydrogen-bond acceptors (Lipinski definition) is 5. The smallest absolute Gasteiger partial charge is 0.343 e.